The summed E-state index contributed by atoms with van der Waals surface area (Å²) in [6.07, 6.45) is 0.159. The van der Waals surface area contributed by atoms with Crippen molar-refractivity contribution in [1.29, 1.82) is 0 Å². The van der Waals surface area contributed by atoms with Crippen molar-refractivity contribution in [1.82, 2.24) is 10.2 Å². The lowest BCUT2D eigenvalue weighted by atomic mass is 10.2. The van der Waals surface area contributed by atoms with Crippen molar-refractivity contribution in [2.75, 3.05) is 19.7 Å². The van der Waals surface area contributed by atoms with Gasteiger partial charge in [0.25, 0.3) is 0 Å². The lowest BCUT2D eigenvalue weighted by Gasteiger charge is -2.28. The number of nitrogens with one attached hydrogen (secondary N) is 1. The molecule has 0 aromatic heterocycles. The van der Waals surface area contributed by atoms with Gasteiger partial charge in [-0.05, 0) is 27.2 Å². The summed E-state index contributed by atoms with van der Waals surface area (Å²) >= 11 is 0. The third-order valence-electron chi connectivity index (χ3n) is 2.83. The van der Waals surface area contributed by atoms with E-state index in [9.17, 15) is 14.7 Å². The number of hydrogen-bond acceptors (Lipinski definition) is 5. The average Bonchev–Trinajstić information content (AvgIpc) is 2.73. The summed E-state index contributed by atoms with van der Waals surface area (Å²) in [5.74, 6) is 0. The number of ether oxygens (including phenoxy) is 2. The molecular weight excluding hydrogens is 276 g/mol. The molecule has 0 aromatic carbocycles. The fourth-order valence-corrected chi connectivity index (χ4v) is 2.02. The Morgan fingerprint density at radius 3 is 2.71 bits per heavy atom. The van der Waals surface area contributed by atoms with E-state index in [1.165, 1.54) is 11.0 Å². The maximum atomic E-state index is 12.1. The summed E-state index contributed by atoms with van der Waals surface area (Å²) in [6, 6.07) is -0.314. The molecule has 7 heteroatoms. The van der Waals surface area contributed by atoms with Gasteiger partial charge in [0.05, 0.1) is 18.7 Å². The maximum Gasteiger partial charge on any atom is 0.410 e. The number of carbonyl (C=O) groups excluding carboxylic acids is 2. The van der Waals surface area contributed by atoms with E-state index in [1.54, 1.807) is 20.8 Å². The van der Waals surface area contributed by atoms with E-state index in [4.69, 9.17) is 9.47 Å². The Kier molecular flexibility index (Phi) is 6.02. The fourth-order valence-electron chi connectivity index (χ4n) is 2.02. The second-order valence-corrected chi connectivity index (χ2v) is 5.94. The number of likely N-dealkylation sites (tertiary alicyclic amines) is 1. The van der Waals surface area contributed by atoms with E-state index in [0.29, 0.717) is 6.42 Å². The molecule has 0 saturated carbocycles. The van der Waals surface area contributed by atoms with Crippen LogP contribution >= 0.6 is 0 Å². The molecule has 1 heterocycles. The number of β-amino-alcohol motifs (C(OH)–C–C–N with tert-alkyl or cyclic N) is 1. The van der Waals surface area contributed by atoms with E-state index < -0.39 is 23.9 Å². The van der Waals surface area contributed by atoms with Crippen LogP contribution in [0.1, 0.15) is 27.2 Å². The fraction of sp³-hybridized carbons (Fsp3) is 0.714. The Hall–Kier alpha value is -1.76. The van der Waals surface area contributed by atoms with Crippen LogP contribution in [0, 0.1) is 0 Å². The highest BCUT2D eigenvalue weighted by atomic mass is 16.6. The first-order chi connectivity index (χ1) is 9.73. The number of rotatable bonds is 4. The highest BCUT2D eigenvalue weighted by Gasteiger charge is 2.36. The maximum absolute atomic E-state index is 12.1. The van der Waals surface area contributed by atoms with Gasteiger partial charge in [0.2, 0.25) is 0 Å². The molecule has 0 aromatic rings. The molecule has 1 fully saturated rings. The lowest BCUT2D eigenvalue weighted by molar-refractivity contribution is 0.0207. The minimum Gasteiger partial charge on any atom is -0.445 e. The van der Waals surface area contributed by atoms with Crippen LogP contribution < -0.4 is 5.32 Å². The predicted molar refractivity (Wildman–Crippen MR) is 76.9 cm³/mol. The molecule has 0 spiro atoms. The minimum absolute atomic E-state index is 0.120. The highest BCUT2D eigenvalue weighted by molar-refractivity contribution is 5.70. The van der Waals surface area contributed by atoms with Crippen LogP contribution in [-0.4, -0.2) is 59.6 Å². The van der Waals surface area contributed by atoms with Crippen molar-refractivity contribution < 1.29 is 24.2 Å². The van der Waals surface area contributed by atoms with E-state index in [0.717, 1.165) is 0 Å². The smallest absolute Gasteiger partial charge is 0.410 e. The number of alkyl carbamates (subject to hydrolysis) is 1. The molecule has 0 radical (unpaired) electrons. The van der Waals surface area contributed by atoms with Gasteiger partial charge in [0.1, 0.15) is 12.2 Å². The van der Waals surface area contributed by atoms with Crippen LogP contribution in [-0.2, 0) is 9.47 Å². The van der Waals surface area contributed by atoms with E-state index in [2.05, 4.69) is 11.9 Å². The van der Waals surface area contributed by atoms with Crippen molar-refractivity contribution >= 4 is 12.2 Å². The third-order valence-corrected chi connectivity index (χ3v) is 2.83. The third kappa shape index (κ3) is 6.03. The van der Waals surface area contributed by atoms with Crippen molar-refractivity contribution in [3.05, 3.63) is 12.7 Å². The van der Waals surface area contributed by atoms with Gasteiger partial charge in [0, 0.05) is 6.54 Å². The SMILES string of the molecule is C=CCOC(=O)NC[C@H]1C[C@@H](O)CN1C(=O)OC(C)(C)C. The molecule has 2 N–H and O–H groups in total. The summed E-state index contributed by atoms with van der Waals surface area (Å²) in [4.78, 5) is 24.9. The van der Waals surface area contributed by atoms with Crippen LogP contribution in [0.4, 0.5) is 9.59 Å². The monoisotopic (exact) mass is 300 g/mol. The van der Waals surface area contributed by atoms with Crippen LogP contribution in [0.5, 0.6) is 0 Å². The summed E-state index contributed by atoms with van der Waals surface area (Å²) in [6.45, 7) is 9.29. The molecule has 1 aliphatic heterocycles. The molecule has 2 amide bonds. The van der Waals surface area contributed by atoms with E-state index in [-0.39, 0.29) is 25.7 Å². The minimum atomic E-state index is -0.617. The largest absolute Gasteiger partial charge is 0.445 e. The molecule has 0 unspecified atom stereocenters. The number of aliphatic hydroxyl groups is 1. The quantitative estimate of drug-likeness (QED) is 0.763. The standard InChI is InChI=1S/C14H24N2O5/c1-5-6-20-12(18)15-8-10-7-11(17)9-16(10)13(19)21-14(2,3)4/h5,10-11,17H,1,6-9H2,2-4H3,(H,15,18)/t10-,11-/m1/s1. The van der Waals surface area contributed by atoms with Crippen molar-refractivity contribution in [3.8, 4) is 0 Å². The van der Waals surface area contributed by atoms with Crippen LogP contribution in [0.15, 0.2) is 12.7 Å². The van der Waals surface area contributed by atoms with Crippen molar-refractivity contribution in [2.24, 2.45) is 0 Å². The summed E-state index contributed by atoms with van der Waals surface area (Å²) < 4.78 is 10.1. The van der Waals surface area contributed by atoms with Gasteiger partial charge in [-0.1, -0.05) is 12.7 Å². The molecular formula is C14H24N2O5. The van der Waals surface area contributed by atoms with Gasteiger partial charge in [-0.2, -0.15) is 0 Å². The number of aliphatic hydroxyl groups excluding tert-OH is 1. The van der Waals surface area contributed by atoms with E-state index in [1.807, 2.05) is 0 Å². The Balaban J connectivity index is 2.52. The molecule has 120 valence electrons. The average molecular weight is 300 g/mol. The zero-order valence-electron chi connectivity index (χ0n) is 12.8. The molecule has 2 atom stereocenters. The van der Waals surface area contributed by atoms with Crippen LogP contribution in [0.3, 0.4) is 0 Å². The molecule has 0 bridgehead atoms. The first-order valence-corrected chi connectivity index (χ1v) is 6.92. The molecule has 21 heavy (non-hydrogen) atoms. The lowest BCUT2D eigenvalue weighted by Crippen LogP contribution is -2.45. The number of carbonyl (C=O) groups is 2. The Bertz CT molecular complexity index is 391. The van der Waals surface area contributed by atoms with Gasteiger partial charge in [-0.3, -0.25) is 0 Å². The predicted octanol–water partition coefficient (Wildman–Crippen LogP) is 1.27. The van der Waals surface area contributed by atoms with Gasteiger partial charge < -0.3 is 24.8 Å². The highest BCUT2D eigenvalue weighted by Crippen LogP contribution is 2.20. The topological polar surface area (TPSA) is 88.1 Å². The molecule has 0 aliphatic carbocycles. The molecule has 1 rings (SSSR count). The van der Waals surface area contributed by atoms with Gasteiger partial charge in [-0.25, -0.2) is 9.59 Å². The van der Waals surface area contributed by atoms with Gasteiger partial charge in [-0.15, -0.1) is 0 Å². The van der Waals surface area contributed by atoms with Gasteiger partial charge >= 0.3 is 12.2 Å². The number of amides is 2. The summed E-state index contributed by atoms with van der Waals surface area (Å²) in [5, 5.41) is 12.3. The Morgan fingerprint density at radius 2 is 2.14 bits per heavy atom. The summed E-state index contributed by atoms with van der Waals surface area (Å²) in [7, 11) is 0. The molecule has 1 aliphatic rings. The van der Waals surface area contributed by atoms with Crippen LogP contribution in [0.2, 0.25) is 0 Å². The zero-order chi connectivity index (χ0) is 16.0. The second kappa shape index (κ2) is 7.31. The van der Waals surface area contributed by atoms with Crippen molar-refractivity contribution in [2.45, 2.75) is 44.9 Å². The van der Waals surface area contributed by atoms with Crippen LogP contribution in [0.25, 0.3) is 0 Å². The Labute approximate surface area is 124 Å². The molecule has 1 saturated heterocycles. The zero-order valence-corrected chi connectivity index (χ0v) is 12.8. The van der Waals surface area contributed by atoms with Crippen molar-refractivity contribution in [3.63, 3.8) is 0 Å². The Morgan fingerprint density at radius 1 is 1.48 bits per heavy atom. The number of nitrogens with zero attached hydrogens (tertiary/aromatic N) is 1. The summed E-state index contributed by atoms with van der Waals surface area (Å²) in [5.41, 5.74) is -0.606. The second-order valence-electron chi connectivity index (χ2n) is 5.94. The molecule has 7 nitrogen and oxygen atoms in total. The normalized spacial score (nSPS) is 21.8. The first kappa shape index (κ1) is 17.3. The van der Waals surface area contributed by atoms with E-state index >= 15 is 0 Å². The van der Waals surface area contributed by atoms with Gasteiger partial charge in [0.15, 0.2) is 0 Å². The number of hydrogen-bond donors (Lipinski definition) is 2. The first-order valence-electron chi connectivity index (χ1n) is 6.92.